The van der Waals surface area contributed by atoms with Gasteiger partial charge in [0.1, 0.15) is 8.07 Å². The summed E-state index contributed by atoms with van der Waals surface area (Å²) in [5.74, 6) is 3.29. The fraction of sp³-hybridized carbons (Fsp3) is 0.385. The summed E-state index contributed by atoms with van der Waals surface area (Å²) in [6.45, 7) is 8.88. The van der Waals surface area contributed by atoms with E-state index >= 15 is 0 Å². The molecule has 0 unspecified atom stereocenters. The van der Waals surface area contributed by atoms with Crippen molar-refractivity contribution < 1.29 is 0 Å². The monoisotopic (exact) mass is 217 g/mol. The van der Waals surface area contributed by atoms with Crippen molar-refractivity contribution in [2.45, 2.75) is 26.6 Å². The molecule has 0 aliphatic carbocycles. The third-order valence-electron chi connectivity index (χ3n) is 2.09. The molecule has 0 aromatic heterocycles. The SMILES string of the molecule is CNc1c(C)cccc1C#C[Si](C)(C)C. The molecular formula is C13H19NSi. The van der Waals surface area contributed by atoms with Gasteiger partial charge in [0.2, 0.25) is 0 Å². The van der Waals surface area contributed by atoms with E-state index in [0.29, 0.717) is 0 Å². The summed E-state index contributed by atoms with van der Waals surface area (Å²) in [5.41, 5.74) is 6.91. The maximum Gasteiger partial charge on any atom is 0.129 e. The Morgan fingerprint density at radius 2 is 1.87 bits per heavy atom. The largest absolute Gasteiger partial charge is 0.387 e. The van der Waals surface area contributed by atoms with Crippen molar-refractivity contribution in [1.82, 2.24) is 0 Å². The molecule has 0 amide bonds. The van der Waals surface area contributed by atoms with Crippen LogP contribution in [0.1, 0.15) is 11.1 Å². The van der Waals surface area contributed by atoms with Gasteiger partial charge in [0, 0.05) is 12.6 Å². The van der Waals surface area contributed by atoms with Crippen LogP contribution in [0.5, 0.6) is 0 Å². The number of rotatable bonds is 1. The summed E-state index contributed by atoms with van der Waals surface area (Å²) in [6, 6.07) is 6.24. The van der Waals surface area contributed by atoms with Crippen molar-refractivity contribution >= 4 is 13.8 Å². The fourth-order valence-electron chi connectivity index (χ4n) is 1.36. The van der Waals surface area contributed by atoms with E-state index in [4.69, 9.17) is 0 Å². The van der Waals surface area contributed by atoms with Gasteiger partial charge in [0.25, 0.3) is 0 Å². The van der Waals surface area contributed by atoms with Crippen molar-refractivity contribution in [3.8, 4) is 11.5 Å². The lowest BCUT2D eigenvalue weighted by molar-refractivity contribution is 1.39. The second kappa shape index (κ2) is 4.54. The van der Waals surface area contributed by atoms with E-state index in [1.54, 1.807) is 0 Å². The molecule has 0 aliphatic rings. The molecule has 1 N–H and O–H groups in total. The third kappa shape index (κ3) is 3.45. The minimum atomic E-state index is -1.28. The highest BCUT2D eigenvalue weighted by molar-refractivity contribution is 6.83. The maximum absolute atomic E-state index is 3.39. The molecule has 0 spiro atoms. The van der Waals surface area contributed by atoms with Crippen LogP contribution in [0.15, 0.2) is 18.2 Å². The molecule has 0 fully saturated rings. The molecule has 1 nitrogen and oxygen atoms in total. The van der Waals surface area contributed by atoms with Gasteiger partial charge in [-0.3, -0.25) is 0 Å². The quantitative estimate of drug-likeness (QED) is 0.562. The molecule has 0 bridgehead atoms. The number of hydrogen-bond acceptors (Lipinski definition) is 1. The number of aryl methyl sites for hydroxylation is 1. The number of anilines is 1. The predicted octanol–water partition coefficient (Wildman–Crippen LogP) is 3.27. The first kappa shape index (κ1) is 11.9. The minimum absolute atomic E-state index is 1.11. The van der Waals surface area contributed by atoms with Crippen LogP contribution in [0.25, 0.3) is 0 Å². The van der Waals surface area contributed by atoms with E-state index < -0.39 is 8.07 Å². The standard InChI is InChI=1S/C13H19NSi/c1-11-7-6-8-12(13(11)14-2)9-10-15(3,4)5/h6-8,14H,1-5H3. The highest BCUT2D eigenvalue weighted by Crippen LogP contribution is 2.18. The second-order valence-electron chi connectivity index (χ2n) is 4.75. The number of para-hydroxylation sites is 1. The maximum atomic E-state index is 3.39. The highest BCUT2D eigenvalue weighted by Gasteiger charge is 2.08. The lowest BCUT2D eigenvalue weighted by Gasteiger charge is -2.08. The normalized spacial score (nSPS) is 10.5. The first-order valence-electron chi connectivity index (χ1n) is 5.24. The average Bonchev–Trinajstić information content (AvgIpc) is 2.13. The number of hydrogen-bond donors (Lipinski definition) is 1. The molecule has 0 aliphatic heterocycles. The molecule has 0 saturated heterocycles. The Labute approximate surface area is 93.9 Å². The van der Waals surface area contributed by atoms with Gasteiger partial charge in [0.15, 0.2) is 0 Å². The second-order valence-corrected chi connectivity index (χ2v) is 9.50. The van der Waals surface area contributed by atoms with Crippen LogP contribution < -0.4 is 5.32 Å². The molecule has 0 saturated carbocycles. The van der Waals surface area contributed by atoms with Crippen molar-refractivity contribution in [2.24, 2.45) is 0 Å². The van der Waals surface area contributed by atoms with Crippen molar-refractivity contribution in [3.63, 3.8) is 0 Å². The van der Waals surface area contributed by atoms with Gasteiger partial charge < -0.3 is 5.32 Å². The molecule has 0 heterocycles. The topological polar surface area (TPSA) is 12.0 Å². The summed E-state index contributed by atoms with van der Waals surface area (Å²) >= 11 is 0. The van der Waals surface area contributed by atoms with Crippen LogP contribution in [0.3, 0.4) is 0 Å². The van der Waals surface area contributed by atoms with E-state index in [-0.39, 0.29) is 0 Å². The van der Waals surface area contributed by atoms with Gasteiger partial charge in [-0.25, -0.2) is 0 Å². The van der Waals surface area contributed by atoms with Crippen LogP contribution in [0, 0.1) is 18.4 Å². The van der Waals surface area contributed by atoms with Crippen LogP contribution in [0.2, 0.25) is 19.6 Å². The van der Waals surface area contributed by atoms with E-state index in [1.165, 1.54) is 5.56 Å². The third-order valence-corrected chi connectivity index (χ3v) is 2.97. The van der Waals surface area contributed by atoms with Gasteiger partial charge in [-0.2, -0.15) is 0 Å². The minimum Gasteiger partial charge on any atom is -0.387 e. The van der Waals surface area contributed by atoms with E-state index in [2.05, 4.69) is 61.5 Å². The van der Waals surface area contributed by atoms with Crippen molar-refractivity contribution in [1.29, 1.82) is 0 Å². The van der Waals surface area contributed by atoms with Crippen molar-refractivity contribution in [2.75, 3.05) is 12.4 Å². The summed E-state index contributed by atoms with van der Waals surface area (Å²) < 4.78 is 0. The first-order valence-corrected chi connectivity index (χ1v) is 8.74. The molecule has 1 rings (SSSR count). The van der Waals surface area contributed by atoms with E-state index in [1.807, 2.05) is 7.05 Å². The van der Waals surface area contributed by atoms with E-state index in [0.717, 1.165) is 11.3 Å². The predicted molar refractivity (Wildman–Crippen MR) is 70.9 cm³/mol. The van der Waals surface area contributed by atoms with E-state index in [9.17, 15) is 0 Å². The molecule has 15 heavy (non-hydrogen) atoms. The molecule has 2 heteroatoms. The summed E-state index contributed by atoms with van der Waals surface area (Å²) in [7, 11) is 0.664. The van der Waals surface area contributed by atoms with Crippen LogP contribution in [-0.2, 0) is 0 Å². The van der Waals surface area contributed by atoms with Gasteiger partial charge in [-0.1, -0.05) is 37.7 Å². The Bertz CT molecular complexity index is 405. The summed E-state index contributed by atoms with van der Waals surface area (Å²) in [5, 5.41) is 3.21. The van der Waals surface area contributed by atoms with Gasteiger partial charge in [0.05, 0.1) is 5.69 Å². The van der Waals surface area contributed by atoms with Gasteiger partial charge in [-0.05, 0) is 18.6 Å². The molecule has 0 radical (unpaired) electrons. The Balaban J connectivity index is 3.14. The zero-order valence-corrected chi connectivity index (χ0v) is 11.2. The van der Waals surface area contributed by atoms with Gasteiger partial charge in [-0.15, -0.1) is 5.54 Å². The molecule has 80 valence electrons. The number of benzene rings is 1. The zero-order chi connectivity index (χ0) is 11.5. The summed E-state index contributed by atoms with van der Waals surface area (Å²) in [4.78, 5) is 0. The number of nitrogens with one attached hydrogen (secondary N) is 1. The average molecular weight is 217 g/mol. The van der Waals surface area contributed by atoms with Gasteiger partial charge >= 0.3 is 0 Å². The molecule has 0 atom stereocenters. The first-order chi connectivity index (χ1) is 6.94. The zero-order valence-electron chi connectivity index (χ0n) is 10.2. The Kier molecular flexibility index (Phi) is 3.60. The Morgan fingerprint density at radius 1 is 1.20 bits per heavy atom. The molecule has 1 aromatic carbocycles. The molecule has 1 aromatic rings. The Morgan fingerprint density at radius 3 is 2.40 bits per heavy atom. The summed E-state index contributed by atoms with van der Waals surface area (Å²) in [6.07, 6.45) is 0. The van der Waals surface area contributed by atoms with Crippen LogP contribution >= 0.6 is 0 Å². The van der Waals surface area contributed by atoms with Crippen LogP contribution in [0.4, 0.5) is 5.69 Å². The fourth-order valence-corrected chi connectivity index (χ4v) is 1.87. The van der Waals surface area contributed by atoms with Crippen molar-refractivity contribution in [3.05, 3.63) is 29.3 Å². The lowest BCUT2D eigenvalue weighted by Crippen LogP contribution is -2.16. The molecular weight excluding hydrogens is 198 g/mol. The Hall–Kier alpha value is -1.20. The van der Waals surface area contributed by atoms with Crippen LogP contribution in [-0.4, -0.2) is 15.1 Å². The lowest BCUT2D eigenvalue weighted by atomic mass is 10.1. The highest BCUT2D eigenvalue weighted by atomic mass is 28.3. The smallest absolute Gasteiger partial charge is 0.129 e.